The highest BCUT2D eigenvalue weighted by atomic mass is 16.5. The van der Waals surface area contributed by atoms with Crippen molar-refractivity contribution in [2.24, 2.45) is 5.92 Å². The lowest BCUT2D eigenvalue weighted by molar-refractivity contribution is 0.0526. The van der Waals surface area contributed by atoms with E-state index in [0.717, 1.165) is 0 Å². The quantitative estimate of drug-likeness (QED) is 0.768. The highest BCUT2D eigenvalue weighted by Crippen LogP contribution is 2.21. The molecule has 0 spiro atoms. The molecule has 1 N–H and O–H groups in total. The van der Waals surface area contributed by atoms with Crippen LogP contribution in [0.2, 0.25) is 0 Å². The van der Waals surface area contributed by atoms with Crippen LogP contribution in [0, 0.1) is 5.92 Å². The van der Waals surface area contributed by atoms with Gasteiger partial charge in [0, 0.05) is 5.69 Å². The predicted octanol–water partition coefficient (Wildman–Crippen LogP) is 4.15. The number of benzene rings is 2. The minimum Gasteiger partial charge on any atom is -0.492 e. The van der Waals surface area contributed by atoms with Gasteiger partial charge in [-0.15, -0.1) is 0 Å². The third-order valence-electron chi connectivity index (χ3n) is 3.36. The Bertz CT molecular complexity index is 723. The van der Waals surface area contributed by atoms with E-state index in [4.69, 9.17) is 9.47 Å². The van der Waals surface area contributed by atoms with Crippen molar-refractivity contribution in [1.82, 2.24) is 0 Å². The molecule has 0 saturated carbocycles. The van der Waals surface area contributed by atoms with E-state index >= 15 is 0 Å². The summed E-state index contributed by atoms with van der Waals surface area (Å²) < 4.78 is 10.7. The summed E-state index contributed by atoms with van der Waals surface area (Å²) in [5.74, 6) is 0.277. The van der Waals surface area contributed by atoms with Crippen molar-refractivity contribution in [2.45, 2.75) is 20.8 Å². The smallest absolute Gasteiger partial charge is 0.338 e. The summed E-state index contributed by atoms with van der Waals surface area (Å²) >= 11 is 0. The fourth-order valence-electron chi connectivity index (χ4n) is 2.14. The number of carbonyl (C=O) groups is 2. The van der Waals surface area contributed by atoms with Gasteiger partial charge in [0.25, 0.3) is 5.91 Å². The summed E-state index contributed by atoms with van der Waals surface area (Å²) in [5.41, 5.74) is 1.51. The topological polar surface area (TPSA) is 64.6 Å². The molecule has 0 fully saturated rings. The summed E-state index contributed by atoms with van der Waals surface area (Å²) in [6.07, 6.45) is 0. The molecule has 0 aromatic heterocycles. The van der Waals surface area contributed by atoms with Gasteiger partial charge in [-0.1, -0.05) is 26.0 Å². The molecule has 0 bridgehead atoms. The van der Waals surface area contributed by atoms with Crippen LogP contribution in [0.5, 0.6) is 5.75 Å². The van der Waals surface area contributed by atoms with Crippen LogP contribution in [0.15, 0.2) is 48.5 Å². The van der Waals surface area contributed by atoms with Crippen molar-refractivity contribution >= 4 is 17.6 Å². The van der Waals surface area contributed by atoms with E-state index in [1.165, 1.54) is 0 Å². The number of para-hydroxylation sites is 1. The number of carbonyl (C=O) groups excluding carboxylic acids is 2. The minimum absolute atomic E-state index is 0.261. The Morgan fingerprint density at radius 1 is 1.04 bits per heavy atom. The normalized spacial score (nSPS) is 10.4. The number of esters is 1. The maximum absolute atomic E-state index is 12.5. The van der Waals surface area contributed by atoms with Gasteiger partial charge in [0.1, 0.15) is 5.75 Å². The van der Waals surface area contributed by atoms with Gasteiger partial charge in [0.05, 0.1) is 24.3 Å². The van der Waals surface area contributed by atoms with Gasteiger partial charge in [0.2, 0.25) is 0 Å². The largest absolute Gasteiger partial charge is 0.492 e. The van der Waals surface area contributed by atoms with Gasteiger partial charge in [0.15, 0.2) is 0 Å². The van der Waals surface area contributed by atoms with Crippen molar-refractivity contribution in [1.29, 1.82) is 0 Å². The summed E-state index contributed by atoms with van der Waals surface area (Å²) in [4.78, 5) is 24.2. The Morgan fingerprint density at radius 3 is 2.36 bits per heavy atom. The first kappa shape index (κ1) is 18.5. The van der Waals surface area contributed by atoms with E-state index < -0.39 is 0 Å². The molecule has 25 heavy (non-hydrogen) atoms. The third-order valence-corrected chi connectivity index (χ3v) is 3.36. The second-order valence-electron chi connectivity index (χ2n) is 5.95. The highest BCUT2D eigenvalue weighted by molar-refractivity contribution is 6.06. The maximum atomic E-state index is 12.5. The van der Waals surface area contributed by atoms with Gasteiger partial charge in [-0.25, -0.2) is 4.79 Å². The zero-order valence-electron chi connectivity index (χ0n) is 14.7. The number of anilines is 1. The van der Waals surface area contributed by atoms with Crippen molar-refractivity contribution in [3.05, 3.63) is 59.7 Å². The summed E-state index contributed by atoms with van der Waals surface area (Å²) in [7, 11) is 0. The fraction of sp³-hybridized carbons (Fsp3) is 0.300. The van der Waals surface area contributed by atoms with Crippen LogP contribution in [0.25, 0.3) is 0 Å². The number of nitrogens with one attached hydrogen (secondary N) is 1. The van der Waals surface area contributed by atoms with Crippen LogP contribution in [0.4, 0.5) is 5.69 Å². The van der Waals surface area contributed by atoms with Crippen molar-refractivity contribution in [3.8, 4) is 5.75 Å². The molecule has 5 heteroatoms. The summed E-state index contributed by atoms with van der Waals surface area (Å²) in [6.45, 7) is 6.72. The molecule has 0 aliphatic rings. The van der Waals surface area contributed by atoms with Gasteiger partial charge >= 0.3 is 5.97 Å². The molecule has 2 aromatic rings. The number of rotatable bonds is 7. The number of amides is 1. The van der Waals surface area contributed by atoms with Crippen LogP contribution in [-0.2, 0) is 4.74 Å². The first-order valence-electron chi connectivity index (χ1n) is 8.31. The van der Waals surface area contributed by atoms with Crippen molar-refractivity contribution in [2.75, 3.05) is 18.5 Å². The van der Waals surface area contributed by atoms with Crippen LogP contribution >= 0.6 is 0 Å². The van der Waals surface area contributed by atoms with Crippen LogP contribution < -0.4 is 10.1 Å². The Hall–Kier alpha value is -2.82. The zero-order valence-corrected chi connectivity index (χ0v) is 14.7. The third kappa shape index (κ3) is 5.35. The fourth-order valence-corrected chi connectivity index (χ4v) is 2.14. The SMILES string of the molecule is CCOC(=O)c1ccc(NC(=O)c2ccccc2OCC(C)C)cc1. The van der Waals surface area contributed by atoms with Gasteiger partial charge < -0.3 is 14.8 Å². The van der Waals surface area contributed by atoms with Crippen LogP contribution in [-0.4, -0.2) is 25.1 Å². The first-order valence-corrected chi connectivity index (χ1v) is 8.31. The molecule has 2 rings (SSSR count). The average Bonchev–Trinajstić information content (AvgIpc) is 2.61. The minimum atomic E-state index is -0.382. The first-order chi connectivity index (χ1) is 12.0. The number of ether oxygens (including phenoxy) is 2. The average molecular weight is 341 g/mol. The lowest BCUT2D eigenvalue weighted by Crippen LogP contribution is -2.15. The Labute approximate surface area is 148 Å². The molecular weight excluding hydrogens is 318 g/mol. The van der Waals surface area contributed by atoms with E-state index in [9.17, 15) is 9.59 Å². The lowest BCUT2D eigenvalue weighted by Gasteiger charge is -2.13. The molecule has 0 radical (unpaired) electrons. The standard InChI is InChI=1S/C20H23NO4/c1-4-24-20(23)15-9-11-16(12-10-15)21-19(22)17-7-5-6-8-18(17)25-13-14(2)3/h5-12,14H,4,13H2,1-3H3,(H,21,22). The molecule has 132 valence electrons. The second kappa shape index (κ2) is 8.87. The molecule has 2 aromatic carbocycles. The number of hydrogen-bond donors (Lipinski definition) is 1. The van der Waals surface area contributed by atoms with Gasteiger partial charge in [-0.3, -0.25) is 4.79 Å². The Morgan fingerprint density at radius 2 is 1.72 bits per heavy atom. The Balaban J connectivity index is 2.08. The predicted molar refractivity (Wildman–Crippen MR) is 97.1 cm³/mol. The molecule has 1 amide bonds. The van der Waals surface area contributed by atoms with E-state index in [2.05, 4.69) is 5.32 Å². The molecular formula is C20H23NO4. The van der Waals surface area contributed by atoms with Gasteiger partial charge in [-0.05, 0) is 49.2 Å². The van der Waals surface area contributed by atoms with Crippen LogP contribution in [0.3, 0.4) is 0 Å². The Kier molecular flexibility index (Phi) is 6.57. The summed E-state index contributed by atoms with van der Waals surface area (Å²) in [5, 5.41) is 2.81. The van der Waals surface area contributed by atoms with E-state index in [-0.39, 0.29) is 11.9 Å². The van der Waals surface area contributed by atoms with E-state index in [1.807, 2.05) is 19.9 Å². The number of hydrogen-bond acceptors (Lipinski definition) is 4. The molecule has 0 aliphatic heterocycles. The molecule has 0 heterocycles. The molecule has 5 nitrogen and oxygen atoms in total. The van der Waals surface area contributed by atoms with Crippen molar-refractivity contribution in [3.63, 3.8) is 0 Å². The summed E-state index contributed by atoms with van der Waals surface area (Å²) in [6, 6.07) is 13.7. The lowest BCUT2D eigenvalue weighted by atomic mass is 10.1. The monoisotopic (exact) mass is 341 g/mol. The van der Waals surface area contributed by atoms with Crippen molar-refractivity contribution < 1.29 is 19.1 Å². The van der Waals surface area contributed by atoms with Gasteiger partial charge in [-0.2, -0.15) is 0 Å². The molecule has 0 unspecified atom stereocenters. The second-order valence-corrected chi connectivity index (χ2v) is 5.95. The van der Waals surface area contributed by atoms with E-state index in [1.54, 1.807) is 49.4 Å². The van der Waals surface area contributed by atoms with E-state index in [0.29, 0.717) is 41.7 Å². The molecule has 0 atom stereocenters. The zero-order chi connectivity index (χ0) is 18.2. The highest BCUT2D eigenvalue weighted by Gasteiger charge is 2.13. The molecule has 0 aliphatic carbocycles. The van der Waals surface area contributed by atoms with Crippen LogP contribution in [0.1, 0.15) is 41.5 Å². The molecule has 0 saturated heterocycles. The maximum Gasteiger partial charge on any atom is 0.338 e.